The number of benzene rings is 2. The number of hydrogen-bond donors (Lipinski definition) is 1. The van der Waals surface area contributed by atoms with Gasteiger partial charge in [0.25, 0.3) is 5.91 Å². The number of amides is 1. The second-order valence-electron chi connectivity index (χ2n) is 8.82. The number of alkyl halides is 1. The zero-order valence-electron chi connectivity index (χ0n) is 22.5. The van der Waals surface area contributed by atoms with Crippen molar-refractivity contribution in [2.75, 3.05) is 19.8 Å². The van der Waals surface area contributed by atoms with Crippen molar-refractivity contribution in [3.05, 3.63) is 114 Å². The van der Waals surface area contributed by atoms with Crippen molar-refractivity contribution < 1.29 is 9.18 Å². The summed E-state index contributed by atoms with van der Waals surface area (Å²) in [6, 6.07) is 25.7. The Morgan fingerprint density at radius 2 is 1.51 bits per heavy atom. The Bertz CT molecular complexity index is 1110. The van der Waals surface area contributed by atoms with Crippen LogP contribution in [0.2, 0.25) is 0 Å². The summed E-state index contributed by atoms with van der Waals surface area (Å²) in [5.74, 6) is 0.362. The maximum Gasteiger partial charge on any atom is 0.272 e. The van der Waals surface area contributed by atoms with Gasteiger partial charge in [0.15, 0.2) is 0 Å². The molecule has 0 spiro atoms. The molecule has 1 aromatic heterocycles. The van der Waals surface area contributed by atoms with E-state index in [4.69, 9.17) is 10.7 Å². The molecule has 0 saturated heterocycles. The Labute approximate surface area is 221 Å². The van der Waals surface area contributed by atoms with E-state index < -0.39 is 12.2 Å². The van der Waals surface area contributed by atoms with Gasteiger partial charge in [-0.3, -0.25) is 9.79 Å². The van der Waals surface area contributed by atoms with Crippen LogP contribution in [-0.4, -0.2) is 41.4 Å². The van der Waals surface area contributed by atoms with Crippen molar-refractivity contribution in [3.63, 3.8) is 0 Å². The van der Waals surface area contributed by atoms with Crippen molar-refractivity contribution in [1.29, 1.82) is 0 Å². The molecule has 0 aliphatic carbocycles. The molecule has 0 radical (unpaired) electrons. The first kappa shape index (κ1) is 29.4. The number of amidine groups is 1. The molecule has 0 aliphatic heterocycles. The van der Waals surface area contributed by atoms with Gasteiger partial charge in [0.05, 0.1) is 5.84 Å². The molecule has 3 rings (SSSR count). The van der Waals surface area contributed by atoms with E-state index in [0.717, 1.165) is 35.2 Å². The number of rotatable bonds is 10. The molecule has 3 aromatic rings. The summed E-state index contributed by atoms with van der Waals surface area (Å²) in [5.41, 5.74) is 9.66. The first-order valence-corrected chi connectivity index (χ1v) is 12.7. The SMILES string of the molecule is C=C(C)C(N=C(C)N)(c1ccccc1)c1ccccc1.CCCN(CCF)C(=O)c1cccc(CC)n1. The van der Waals surface area contributed by atoms with Gasteiger partial charge in [-0.05, 0) is 55.5 Å². The van der Waals surface area contributed by atoms with E-state index in [1.165, 1.54) is 4.90 Å². The number of pyridine rings is 1. The van der Waals surface area contributed by atoms with Crippen LogP contribution in [0.4, 0.5) is 4.39 Å². The number of carbonyl (C=O) groups is 1. The topological polar surface area (TPSA) is 71.6 Å². The number of aliphatic imine (C=N–C) groups is 1. The number of aryl methyl sites for hydroxylation is 1. The van der Waals surface area contributed by atoms with E-state index in [1.54, 1.807) is 6.07 Å². The average Bonchev–Trinajstić information content (AvgIpc) is 2.92. The van der Waals surface area contributed by atoms with Gasteiger partial charge < -0.3 is 10.6 Å². The molecule has 37 heavy (non-hydrogen) atoms. The highest BCUT2D eigenvalue weighted by Gasteiger charge is 2.34. The molecule has 0 fully saturated rings. The van der Waals surface area contributed by atoms with Gasteiger partial charge in [0.2, 0.25) is 0 Å². The normalized spacial score (nSPS) is 11.3. The molecule has 1 amide bonds. The minimum atomic E-state index is -0.624. The predicted octanol–water partition coefficient (Wildman–Crippen LogP) is 6.35. The van der Waals surface area contributed by atoms with E-state index in [2.05, 4.69) is 35.8 Å². The molecule has 2 N–H and O–H groups in total. The Hall–Kier alpha value is -3.80. The number of halogens is 1. The number of carbonyl (C=O) groups excluding carboxylic acids is 1. The van der Waals surface area contributed by atoms with Crippen LogP contribution >= 0.6 is 0 Å². The van der Waals surface area contributed by atoms with Gasteiger partial charge in [-0.25, -0.2) is 9.37 Å². The van der Waals surface area contributed by atoms with E-state index in [-0.39, 0.29) is 12.5 Å². The standard InChI is InChI=1S/C18H20N2.C13H19FN2O/c1-14(2)18(20-15(3)19,16-10-6-4-7-11-16)17-12-8-5-9-13-17;1-3-9-16(10-8-14)13(17)12-7-5-6-11(4-2)15-12/h4-13H,1H2,2-3H3,(H2,19,20);5-7H,3-4,8-10H2,1-2H3. The summed E-state index contributed by atoms with van der Waals surface area (Å²) in [4.78, 5) is 22.6. The first-order chi connectivity index (χ1) is 17.8. The minimum Gasteiger partial charge on any atom is -0.388 e. The molecular formula is C31H39FN4O. The molecule has 0 atom stereocenters. The molecule has 1 heterocycles. The fourth-order valence-electron chi connectivity index (χ4n) is 4.15. The third kappa shape index (κ3) is 7.84. The van der Waals surface area contributed by atoms with Crippen molar-refractivity contribution in [2.45, 2.75) is 46.1 Å². The summed E-state index contributed by atoms with van der Waals surface area (Å²) < 4.78 is 12.4. The lowest BCUT2D eigenvalue weighted by atomic mass is 9.78. The van der Waals surface area contributed by atoms with Crippen LogP contribution in [-0.2, 0) is 12.0 Å². The number of aromatic nitrogens is 1. The van der Waals surface area contributed by atoms with Gasteiger partial charge in [-0.2, -0.15) is 0 Å². The van der Waals surface area contributed by atoms with Crippen LogP contribution in [0.1, 0.15) is 61.4 Å². The summed E-state index contributed by atoms with van der Waals surface area (Å²) in [6.45, 7) is 12.1. The molecule has 2 aromatic carbocycles. The lowest BCUT2D eigenvalue weighted by Crippen LogP contribution is -2.34. The van der Waals surface area contributed by atoms with E-state index in [1.807, 2.05) is 76.2 Å². The van der Waals surface area contributed by atoms with Crippen LogP contribution in [0.3, 0.4) is 0 Å². The third-order valence-corrected chi connectivity index (χ3v) is 5.87. The smallest absolute Gasteiger partial charge is 0.272 e. The Morgan fingerprint density at radius 3 is 1.95 bits per heavy atom. The lowest BCUT2D eigenvalue weighted by molar-refractivity contribution is 0.0738. The largest absolute Gasteiger partial charge is 0.388 e. The van der Waals surface area contributed by atoms with Crippen molar-refractivity contribution in [1.82, 2.24) is 9.88 Å². The highest BCUT2D eigenvalue weighted by molar-refractivity contribution is 5.92. The molecule has 0 aliphatic rings. The first-order valence-electron chi connectivity index (χ1n) is 12.7. The van der Waals surface area contributed by atoms with Gasteiger partial charge >= 0.3 is 0 Å². The number of nitrogens with two attached hydrogens (primary N) is 1. The Kier molecular flexibility index (Phi) is 11.7. The fourth-order valence-corrected chi connectivity index (χ4v) is 4.15. The van der Waals surface area contributed by atoms with Gasteiger partial charge in [-0.1, -0.05) is 87.2 Å². The molecule has 0 bridgehead atoms. The maximum absolute atomic E-state index is 12.4. The summed E-state index contributed by atoms with van der Waals surface area (Å²) in [5, 5.41) is 0. The monoisotopic (exact) mass is 502 g/mol. The van der Waals surface area contributed by atoms with Crippen LogP contribution in [0.25, 0.3) is 0 Å². The molecule has 0 saturated carbocycles. The van der Waals surface area contributed by atoms with Crippen LogP contribution < -0.4 is 5.73 Å². The molecular weight excluding hydrogens is 463 g/mol. The van der Waals surface area contributed by atoms with E-state index in [0.29, 0.717) is 18.1 Å². The zero-order chi connectivity index (χ0) is 27.3. The van der Waals surface area contributed by atoms with Crippen molar-refractivity contribution in [2.24, 2.45) is 10.7 Å². The highest BCUT2D eigenvalue weighted by atomic mass is 19.1. The minimum absolute atomic E-state index is 0.144. The lowest BCUT2D eigenvalue weighted by Gasteiger charge is -2.32. The average molecular weight is 503 g/mol. The van der Waals surface area contributed by atoms with Crippen LogP contribution in [0, 0.1) is 0 Å². The van der Waals surface area contributed by atoms with E-state index in [9.17, 15) is 9.18 Å². The summed E-state index contributed by atoms with van der Waals surface area (Å²) in [7, 11) is 0. The zero-order valence-corrected chi connectivity index (χ0v) is 22.5. The summed E-state index contributed by atoms with van der Waals surface area (Å²) in [6.07, 6.45) is 1.61. The Balaban J connectivity index is 0.000000264. The van der Waals surface area contributed by atoms with Crippen LogP contribution in [0.5, 0.6) is 0 Å². The maximum atomic E-state index is 12.4. The Morgan fingerprint density at radius 1 is 0.946 bits per heavy atom. The summed E-state index contributed by atoms with van der Waals surface area (Å²) >= 11 is 0. The highest BCUT2D eigenvalue weighted by Crippen LogP contribution is 2.39. The van der Waals surface area contributed by atoms with Crippen LogP contribution in [0.15, 0.2) is 96.0 Å². The molecule has 196 valence electrons. The number of nitrogens with zero attached hydrogens (tertiary/aromatic N) is 3. The second kappa shape index (κ2) is 14.7. The number of hydrogen-bond acceptors (Lipinski definition) is 3. The third-order valence-electron chi connectivity index (χ3n) is 5.87. The van der Waals surface area contributed by atoms with Gasteiger partial charge in [-0.15, -0.1) is 0 Å². The molecule has 0 unspecified atom stereocenters. The van der Waals surface area contributed by atoms with Gasteiger partial charge in [0.1, 0.15) is 17.9 Å². The quantitative estimate of drug-likeness (QED) is 0.199. The predicted molar refractivity (Wildman–Crippen MR) is 152 cm³/mol. The van der Waals surface area contributed by atoms with Crippen molar-refractivity contribution >= 4 is 11.7 Å². The molecule has 5 nitrogen and oxygen atoms in total. The second-order valence-corrected chi connectivity index (χ2v) is 8.82. The fraction of sp³-hybridized carbons (Fsp3) is 0.323. The van der Waals surface area contributed by atoms with E-state index >= 15 is 0 Å². The molecule has 6 heteroatoms. The van der Waals surface area contributed by atoms with Gasteiger partial charge in [0, 0.05) is 18.8 Å². The van der Waals surface area contributed by atoms with Crippen molar-refractivity contribution in [3.8, 4) is 0 Å².